The van der Waals surface area contributed by atoms with Gasteiger partial charge in [-0.05, 0) is 55.3 Å². The summed E-state index contributed by atoms with van der Waals surface area (Å²) in [6.07, 6.45) is 3.66. The zero-order chi connectivity index (χ0) is 22.2. The number of nitrogens with zero attached hydrogens (tertiary/aromatic N) is 1. The molecule has 0 atom stereocenters. The van der Waals surface area contributed by atoms with E-state index >= 15 is 0 Å². The molecule has 1 aromatic heterocycles. The topological polar surface area (TPSA) is 80.3 Å². The second-order valence-electron chi connectivity index (χ2n) is 6.72. The van der Waals surface area contributed by atoms with Crippen molar-refractivity contribution in [1.82, 2.24) is 10.3 Å². The van der Waals surface area contributed by atoms with Gasteiger partial charge in [-0.2, -0.15) is 0 Å². The van der Waals surface area contributed by atoms with Crippen LogP contribution in [0.15, 0.2) is 60.9 Å². The number of ether oxygens (including phenoxy) is 1. The Morgan fingerprint density at radius 3 is 2.55 bits per heavy atom. The Balaban J connectivity index is 1.56. The van der Waals surface area contributed by atoms with E-state index < -0.39 is 0 Å². The Morgan fingerprint density at radius 1 is 1.03 bits per heavy atom. The van der Waals surface area contributed by atoms with Crippen LogP contribution in [0.5, 0.6) is 5.75 Å². The van der Waals surface area contributed by atoms with Crippen LogP contribution in [0.4, 0.5) is 5.69 Å². The molecule has 0 aliphatic carbocycles. The van der Waals surface area contributed by atoms with Crippen molar-refractivity contribution in [3.63, 3.8) is 0 Å². The quantitative estimate of drug-likeness (QED) is 0.458. The average molecular weight is 458 g/mol. The van der Waals surface area contributed by atoms with E-state index in [-0.39, 0.29) is 11.8 Å². The van der Waals surface area contributed by atoms with Crippen LogP contribution in [-0.2, 0) is 0 Å². The fourth-order valence-electron chi connectivity index (χ4n) is 2.86. The Labute approximate surface area is 190 Å². The predicted molar refractivity (Wildman–Crippen MR) is 122 cm³/mol. The van der Waals surface area contributed by atoms with E-state index in [0.29, 0.717) is 52.2 Å². The number of para-hydroxylation sites is 1. The third-order valence-corrected chi connectivity index (χ3v) is 4.99. The second-order valence-corrected chi connectivity index (χ2v) is 7.56. The molecule has 2 aromatic carbocycles. The molecule has 2 N–H and O–H groups in total. The van der Waals surface area contributed by atoms with E-state index in [4.69, 9.17) is 27.9 Å². The van der Waals surface area contributed by atoms with Crippen LogP contribution in [0.3, 0.4) is 0 Å². The van der Waals surface area contributed by atoms with E-state index in [1.54, 1.807) is 54.9 Å². The lowest BCUT2D eigenvalue weighted by Gasteiger charge is -2.14. The van der Waals surface area contributed by atoms with Gasteiger partial charge in [-0.15, -0.1) is 0 Å². The van der Waals surface area contributed by atoms with Crippen LogP contribution in [0.1, 0.15) is 32.7 Å². The highest BCUT2D eigenvalue weighted by molar-refractivity contribution is 6.35. The van der Waals surface area contributed by atoms with E-state index in [1.165, 1.54) is 0 Å². The number of amides is 2. The molecule has 8 heteroatoms. The van der Waals surface area contributed by atoms with Gasteiger partial charge in [0.15, 0.2) is 0 Å². The lowest BCUT2D eigenvalue weighted by atomic mass is 10.1. The molecule has 0 spiro atoms. The molecule has 0 fully saturated rings. The number of anilines is 1. The number of benzene rings is 2. The van der Waals surface area contributed by atoms with E-state index in [2.05, 4.69) is 15.6 Å². The van der Waals surface area contributed by atoms with Crippen LogP contribution < -0.4 is 15.4 Å². The van der Waals surface area contributed by atoms with Gasteiger partial charge in [-0.3, -0.25) is 14.6 Å². The molecule has 6 nitrogen and oxygen atoms in total. The van der Waals surface area contributed by atoms with Crippen LogP contribution in [0.25, 0.3) is 0 Å². The zero-order valence-corrected chi connectivity index (χ0v) is 18.3. The first-order valence-corrected chi connectivity index (χ1v) is 10.4. The third kappa shape index (κ3) is 6.20. The normalized spacial score (nSPS) is 10.4. The van der Waals surface area contributed by atoms with Gasteiger partial charge in [-0.25, -0.2) is 0 Å². The lowest BCUT2D eigenvalue weighted by Crippen LogP contribution is -2.27. The van der Waals surface area contributed by atoms with Crippen molar-refractivity contribution in [3.8, 4) is 5.75 Å². The van der Waals surface area contributed by atoms with E-state index in [9.17, 15) is 9.59 Å². The number of hydrogen-bond acceptors (Lipinski definition) is 4. The van der Waals surface area contributed by atoms with Gasteiger partial charge in [-0.1, -0.05) is 35.3 Å². The molecule has 0 unspecified atom stereocenters. The van der Waals surface area contributed by atoms with Crippen LogP contribution in [-0.4, -0.2) is 29.9 Å². The molecule has 0 saturated carbocycles. The average Bonchev–Trinajstić information content (AvgIpc) is 2.76. The number of carbonyl (C=O) groups is 2. The molecule has 3 aromatic rings. The molecular formula is C23H21Cl2N3O3. The first kappa shape index (κ1) is 22.6. The fraction of sp³-hybridized carbons (Fsp3) is 0.174. The third-order valence-electron chi connectivity index (χ3n) is 4.46. The summed E-state index contributed by atoms with van der Waals surface area (Å²) in [6.45, 7) is 2.61. The summed E-state index contributed by atoms with van der Waals surface area (Å²) < 4.78 is 5.62. The molecule has 0 radical (unpaired) electrons. The minimum absolute atomic E-state index is 0.279. The first-order chi connectivity index (χ1) is 15.0. The minimum Gasteiger partial charge on any atom is -0.492 e. The largest absolute Gasteiger partial charge is 0.492 e. The number of nitrogens with one attached hydrogen (secondary N) is 2. The standard InChI is InChI=1S/C23H21Cl2N3O3/c1-15-4-2-5-18(21(15)28-22(29)16-8-11-26-12-9-16)23(30)27-10-3-13-31-20-7-6-17(24)14-19(20)25/h2,4-9,11-12,14H,3,10,13H2,1H3,(H,27,30)(H,28,29). The molecule has 3 rings (SSSR count). The molecule has 0 aliphatic heterocycles. The predicted octanol–water partition coefficient (Wildman–Crippen LogP) is 5.15. The number of halogens is 2. The maximum atomic E-state index is 12.7. The minimum atomic E-state index is -0.306. The monoisotopic (exact) mass is 457 g/mol. The van der Waals surface area contributed by atoms with Crippen molar-refractivity contribution in [2.75, 3.05) is 18.5 Å². The van der Waals surface area contributed by atoms with Crippen molar-refractivity contribution in [1.29, 1.82) is 0 Å². The number of rotatable bonds is 8. The summed E-state index contributed by atoms with van der Waals surface area (Å²) in [6, 6.07) is 13.5. The summed E-state index contributed by atoms with van der Waals surface area (Å²) >= 11 is 11.9. The number of aromatic nitrogens is 1. The summed E-state index contributed by atoms with van der Waals surface area (Å²) in [4.78, 5) is 29.1. The molecule has 1 heterocycles. The highest BCUT2D eigenvalue weighted by Gasteiger charge is 2.16. The van der Waals surface area contributed by atoms with E-state index in [0.717, 1.165) is 5.56 Å². The molecule has 0 saturated heterocycles. The van der Waals surface area contributed by atoms with E-state index in [1.807, 2.05) is 13.0 Å². The number of aryl methyl sites for hydroxylation is 1. The van der Waals surface area contributed by atoms with Crippen molar-refractivity contribution >= 4 is 40.7 Å². The number of pyridine rings is 1. The number of carbonyl (C=O) groups excluding carboxylic acids is 2. The fourth-order valence-corrected chi connectivity index (χ4v) is 3.32. The Bertz CT molecular complexity index is 1070. The van der Waals surface area contributed by atoms with Gasteiger partial charge in [0.25, 0.3) is 11.8 Å². The smallest absolute Gasteiger partial charge is 0.255 e. The highest BCUT2D eigenvalue weighted by atomic mass is 35.5. The van der Waals surface area contributed by atoms with Gasteiger partial charge in [0.1, 0.15) is 5.75 Å². The van der Waals surface area contributed by atoms with Crippen molar-refractivity contribution in [2.24, 2.45) is 0 Å². The van der Waals surface area contributed by atoms with Gasteiger partial charge in [0.05, 0.1) is 22.9 Å². The Kier molecular flexibility index (Phi) is 7.87. The zero-order valence-electron chi connectivity index (χ0n) is 16.8. The van der Waals surface area contributed by atoms with Gasteiger partial charge in [0.2, 0.25) is 0 Å². The molecular weight excluding hydrogens is 437 g/mol. The molecule has 160 valence electrons. The highest BCUT2D eigenvalue weighted by Crippen LogP contribution is 2.27. The SMILES string of the molecule is Cc1cccc(C(=O)NCCCOc2ccc(Cl)cc2Cl)c1NC(=O)c1ccncc1. The van der Waals surface area contributed by atoms with Crippen molar-refractivity contribution in [2.45, 2.75) is 13.3 Å². The summed E-state index contributed by atoms with van der Waals surface area (Å²) in [7, 11) is 0. The van der Waals surface area contributed by atoms with Gasteiger partial charge >= 0.3 is 0 Å². The van der Waals surface area contributed by atoms with Crippen LogP contribution >= 0.6 is 23.2 Å². The summed E-state index contributed by atoms with van der Waals surface area (Å²) in [5.74, 6) is -0.0468. The Hall–Kier alpha value is -3.09. The number of hydrogen-bond donors (Lipinski definition) is 2. The van der Waals surface area contributed by atoms with Crippen molar-refractivity contribution in [3.05, 3.63) is 87.7 Å². The Morgan fingerprint density at radius 2 is 1.81 bits per heavy atom. The van der Waals surface area contributed by atoms with Crippen LogP contribution in [0, 0.1) is 6.92 Å². The van der Waals surface area contributed by atoms with Crippen molar-refractivity contribution < 1.29 is 14.3 Å². The molecule has 0 aliphatic rings. The van der Waals surface area contributed by atoms with Crippen LogP contribution in [0.2, 0.25) is 10.0 Å². The van der Waals surface area contributed by atoms with Gasteiger partial charge < -0.3 is 15.4 Å². The summed E-state index contributed by atoms with van der Waals surface area (Å²) in [5.41, 5.74) is 2.12. The molecule has 31 heavy (non-hydrogen) atoms. The maximum absolute atomic E-state index is 12.7. The second kappa shape index (κ2) is 10.8. The molecule has 0 bridgehead atoms. The first-order valence-electron chi connectivity index (χ1n) is 9.63. The van der Waals surface area contributed by atoms with Gasteiger partial charge in [0, 0.05) is 29.5 Å². The molecule has 2 amide bonds. The summed E-state index contributed by atoms with van der Waals surface area (Å²) in [5, 5.41) is 6.66. The maximum Gasteiger partial charge on any atom is 0.255 e. The lowest BCUT2D eigenvalue weighted by molar-refractivity contribution is 0.0952.